The topological polar surface area (TPSA) is 64.3 Å². The van der Waals surface area contributed by atoms with Crippen LogP contribution in [0.25, 0.3) is 0 Å². The van der Waals surface area contributed by atoms with Crippen LogP contribution < -0.4 is 11.1 Å². The molecule has 0 bridgehead atoms. The molecular formula is C8H12F2N2O2. The number of halogens is 2. The molecule has 0 radical (unpaired) electrons. The van der Waals surface area contributed by atoms with Crippen molar-refractivity contribution in [3.05, 3.63) is 24.2 Å². The average molecular weight is 206 g/mol. The summed E-state index contributed by atoms with van der Waals surface area (Å²) >= 11 is 0. The van der Waals surface area contributed by atoms with Crippen LogP contribution in [0.5, 0.6) is 0 Å². The van der Waals surface area contributed by atoms with Crippen molar-refractivity contribution >= 4 is 5.97 Å². The Labute approximate surface area is 80.4 Å². The van der Waals surface area contributed by atoms with Crippen LogP contribution in [-0.4, -0.2) is 19.0 Å². The first-order valence-corrected chi connectivity index (χ1v) is 3.92. The second kappa shape index (κ2) is 6.88. The predicted octanol–water partition coefficient (Wildman–Crippen LogP) is 0.718. The number of alkyl halides is 2. The monoisotopic (exact) mass is 206 g/mol. The largest absolute Gasteiger partial charge is 0.461 e. The number of nitrogens with two attached hydrogens (primary N) is 1. The Morgan fingerprint density at radius 1 is 1.64 bits per heavy atom. The SMILES string of the molecule is CCOC(=O)/C(=C\C(F)F)N/C=C/N. The third kappa shape index (κ3) is 5.13. The summed E-state index contributed by atoms with van der Waals surface area (Å²) in [7, 11) is 0. The van der Waals surface area contributed by atoms with E-state index in [1.165, 1.54) is 0 Å². The molecule has 0 amide bonds. The van der Waals surface area contributed by atoms with Crippen LogP contribution in [0.2, 0.25) is 0 Å². The number of nitrogens with one attached hydrogen (secondary N) is 1. The van der Waals surface area contributed by atoms with Crippen molar-refractivity contribution in [3.63, 3.8) is 0 Å². The van der Waals surface area contributed by atoms with Gasteiger partial charge in [0.1, 0.15) is 5.70 Å². The Balaban J connectivity index is 4.46. The highest BCUT2D eigenvalue weighted by molar-refractivity contribution is 5.88. The highest BCUT2D eigenvalue weighted by Crippen LogP contribution is 2.01. The first kappa shape index (κ1) is 12.4. The maximum Gasteiger partial charge on any atom is 0.354 e. The zero-order valence-corrected chi connectivity index (χ0v) is 7.67. The van der Waals surface area contributed by atoms with Crippen molar-refractivity contribution in [1.82, 2.24) is 5.32 Å². The fourth-order valence-electron chi connectivity index (χ4n) is 0.648. The first-order valence-electron chi connectivity index (χ1n) is 3.92. The minimum Gasteiger partial charge on any atom is -0.461 e. The molecule has 0 atom stereocenters. The molecule has 0 aliphatic rings. The summed E-state index contributed by atoms with van der Waals surface area (Å²) in [6.07, 6.45) is -0.0325. The van der Waals surface area contributed by atoms with E-state index in [9.17, 15) is 13.6 Å². The molecule has 0 saturated carbocycles. The zero-order chi connectivity index (χ0) is 11.0. The summed E-state index contributed by atoms with van der Waals surface area (Å²) < 4.78 is 28.4. The number of carbonyl (C=O) groups is 1. The molecule has 0 spiro atoms. The molecule has 0 aromatic heterocycles. The van der Waals surface area contributed by atoms with Crippen molar-refractivity contribution in [3.8, 4) is 0 Å². The molecule has 3 N–H and O–H groups in total. The van der Waals surface area contributed by atoms with Crippen LogP contribution in [0.15, 0.2) is 24.2 Å². The van der Waals surface area contributed by atoms with Crippen molar-refractivity contribution in [2.45, 2.75) is 13.3 Å². The molecule has 14 heavy (non-hydrogen) atoms. The molecule has 0 heterocycles. The number of hydrogen-bond donors (Lipinski definition) is 2. The molecule has 0 aliphatic carbocycles. The molecule has 80 valence electrons. The van der Waals surface area contributed by atoms with Gasteiger partial charge in [0.25, 0.3) is 6.43 Å². The van der Waals surface area contributed by atoms with E-state index in [4.69, 9.17) is 5.73 Å². The van der Waals surface area contributed by atoms with E-state index in [0.717, 1.165) is 12.4 Å². The summed E-state index contributed by atoms with van der Waals surface area (Å²) in [6.45, 7) is 1.70. The van der Waals surface area contributed by atoms with Gasteiger partial charge in [0.05, 0.1) is 6.61 Å². The Morgan fingerprint density at radius 3 is 2.71 bits per heavy atom. The molecule has 0 aromatic rings. The zero-order valence-electron chi connectivity index (χ0n) is 7.67. The molecule has 0 fully saturated rings. The standard InChI is InChI=1S/C8H12F2N2O2/c1-2-14-8(13)6(5-7(9)10)12-4-3-11/h3-5,7,12H,2,11H2,1H3/b4-3+,6-5+. The molecule has 0 rings (SSSR count). The molecule has 0 saturated heterocycles. The maximum absolute atomic E-state index is 11.9. The third-order valence-corrected chi connectivity index (χ3v) is 1.12. The van der Waals surface area contributed by atoms with Gasteiger partial charge in [-0.2, -0.15) is 0 Å². The number of carbonyl (C=O) groups excluding carboxylic acids is 1. The maximum atomic E-state index is 11.9. The van der Waals surface area contributed by atoms with Gasteiger partial charge in [0.15, 0.2) is 0 Å². The van der Waals surface area contributed by atoms with Gasteiger partial charge in [0, 0.05) is 18.5 Å². The van der Waals surface area contributed by atoms with Gasteiger partial charge in [-0.3, -0.25) is 0 Å². The van der Waals surface area contributed by atoms with Crippen LogP contribution in [0.3, 0.4) is 0 Å². The smallest absolute Gasteiger partial charge is 0.354 e. The van der Waals surface area contributed by atoms with Gasteiger partial charge < -0.3 is 15.8 Å². The average Bonchev–Trinajstić information content (AvgIpc) is 2.12. The van der Waals surface area contributed by atoms with Gasteiger partial charge in [-0.1, -0.05) is 0 Å². The molecule has 0 aliphatic heterocycles. The Morgan fingerprint density at radius 2 is 2.29 bits per heavy atom. The van der Waals surface area contributed by atoms with Crippen LogP contribution in [-0.2, 0) is 9.53 Å². The Hall–Kier alpha value is -1.59. The minimum atomic E-state index is -2.73. The lowest BCUT2D eigenvalue weighted by molar-refractivity contribution is -0.138. The van der Waals surface area contributed by atoms with Crippen molar-refractivity contribution < 1.29 is 18.3 Å². The van der Waals surface area contributed by atoms with E-state index in [0.29, 0.717) is 6.08 Å². The number of esters is 1. The van der Waals surface area contributed by atoms with Gasteiger partial charge >= 0.3 is 5.97 Å². The third-order valence-electron chi connectivity index (χ3n) is 1.12. The lowest BCUT2D eigenvalue weighted by atomic mass is 10.4. The van der Waals surface area contributed by atoms with Gasteiger partial charge in [-0.05, 0) is 6.92 Å². The number of rotatable bonds is 5. The minimum absolute atomic E-state index is 0.118. The molecule has 0 aromatic carbocycles. The van der Waals surface area contributed by atoms with Crippen LogP contribution in [0.4, 0.5) is 8.78 Å². The van der Waals surface area contributed by atoms with Crippen molar-refractivity contribution in [2.75, 3.05) is 6.61 Å². The molecular weight excluding hydrogens is 194 g/mol. The van der Waals surface area contributed by atoms with Gasteiger partial charge in [-0.25, -0.2) is 13.6 Å². The second-order valence-corrected chi connectivity index (χ2v) is 2.14. The summed E-state index contributed by atoms with van der Waals surface area (Å²) in [6, 6.07) is 0. The fourth-order valence-corrected chi connectivity index (χ4v) is 0.648. The normalized spacial score (nSPS) is 12.1. The molecule has 4 nitrogen and oxygen atoms in total. The van der Waals surface area contributed by atoms with Crippen LogP contribution in [0, 0.1) is 0 Å². The van der Waals surface area contributed by atoms with E-state index < -0.39 is 12.4 Å². The van der Waals surface area contributed by atoms with E-state index >= 15 is 0 Å². The van der Waals surface area contributed by atoms with Crippen molar-refractivity contribution in [2.24, 2.45) is 5.73 Å². The second-order valence-electron chi connectivity index (χ2n) is 2.14. The highest BCUT2D eigenvalue weighted by Gasteiger charge is 2.11. The number of allylic oxidation sites excluding steroid dienone is 1. The van der Waals surface area contributed by atoms with Crippen molar-refractivity contribution in [1.29, 1.82) is 0 Å². The van der Waals surface area contributed by atoms with E-state index in [2.05, 4.69) is 10.1 Å². The summed E-state index contributed by atoms with van der Waals surface area (Å²) in [4.78, 5) is 11.0. The summed E-state index contributed by atoms with van der Waals surface area (Å²) in [5.74, 6) is -0.842. The Kier molecular flexibility index (Phi) is 6.09. The van der Waals surface area contributed by atoms with Gasteiger partial charge in [0.2, 0.25) is 0 Å². The van der Waals surface area contributed by atoms with E-state index in [-0.39, 0.29) is 12.3 Å². The highest BCUT2D eigenvalue weighted by atomic mass is 19.3. The lowest BCUT2D eigenvalue weighted by Crippen LogP contribution is -2.19. The lowest BCUT2D eigenvalue weighted by Gasteiger charge is -2.05. The van der Waals surface area contributed by atoms with Crippen LogP contribution in [0.1, 0.15) is 6.92 Å². The van der Waals surface area contributed by atoms with E-state index in [1.807, 2.05) is 0 Å². The van der Waals surface area contributed by atoms with E-state index in [1.54, 1.807) is 6.92 Å². The quantitative estimate of drug-likeness (QED) is 0.514. The number of hydrogen-bond acceptors (Lipinski definition) is 4. The summed E-state index contributed by atoms with van der Waals surface area (Å²) in [5, 5.41) is 2.29. The molecule has 0 unspecified atom stereocenters. The van der Waals surface area contributed by atoms with Gasteiger partial charge in [-0.15, -0.1) is 0 Å². The molecule has 6 heteroatoms. The van der Waals surface area contributed by atoms with Crippen LogP contribution >= 0.6 is 0 Å². The Bertz CT molecular complexity index is 239. The summed E-state index contributed by atoms with van der Waals surface area (Å²) in [5.41, 5.74) is 4.64. The fraction of sp³-hybridized carbons (Fsp3) is 0.375. The predicted molar refractivity (Wildman–Crippen MR) is 47.2 cm³/mol. The first-order chi connectivity index (χ1) is 6.61. The number of ether oxygens (including phenoxy) is 1.